The maximum Gasteiger partial charge on any atom is 0.247 e. The average molecular weight is 306 g/mol. The number of nitrogens with one attached hydrogen (secondary N) is 1. The zero-order valence-corrected chi connectivity index (χ0v) is 12.5. The molecule has 1 aliphatic heterocycles. The first-order valence-electron chi connectivity index (χ1n) is 6.78. The van der Waals surface area contributed by atoms with Gasteiger partial charge in [-0.05, 0) is 24.6 Å². The van der Waals surface area contributed by atoms with Crippen LogP contribution in [0, 0.1) is 6.92 Å². The fourth-order valence-corrected chi connectivity index (χ4v) is 2.25. The van der Waals surface area contributed by atoms with Crippen molar-refractivity contribution in [1.29, 1.82) is 0 Å². The summed E-state index contributed by atoms with van der Waals surface area (Å²) in [7, 11) is 0. The Morgan fingerprint density at radius 1 is 1.29 bits per heavy atom. The Hall–Kier alpha value is -1.92. The van der Waals surface area contributed by atoms with E-state index in [2.05, 4.69) is 25.4 Å². The Balaban J connectivity index is 1.77. The van der Waals surface area contributed by atoms with Gasteiger partial charge in [0.15, 0.2) is 5.82 Å². The van der Waals surface area contributed by atoms with E-state index in [0.29, 0.717) is 25.0 Å². The van der Waals surface area contributed by atoms with Crippen molar-refractivity contribution in [2.75, 3.05) is 36.5 Å². The van der Waals surface area contributed by atoms with Crippen molar-refractivity contribution in [3.63, 3.8) is 0 Å². The zero-order valence-electron chi connectivity index (χ0n) is 11.7. The highest BCUT2D eigenvalue weighted by Crippen LogP contribution is 2.22. The molecule has 6 nitrogen and oxygen atoms in total. The number of anilines is 3. The SMILES string of the molecule is Cc1ccc(Nc2cnnc(N3CCOCC3)n2)cc1Cl. The van der Waals surface area contributed by atoms with E-state index < -0.39 is 0 Å². The molecule has 0 unspecified atom stereocenters. The molecule has 21 heavy (non-hydrogen) atoms. The second-order valence-corrected chi connectivity index (χ2v) is 5.24. The van der Waals surface area contributed by atoms with Gasteiger partial charge < -0.3 is 15.0 Å². The van der Waals surface area contributed by atoms with Crippen LogP contribution >= 0.6 is 11.6 Å². The van der Waals surface area contributed by atoms with E-state index in [1.54, 1.807) is 6.20 Å². The van der Waals surface area contributed by atoms with Crippen LogP contribution in [-0.4, -0.2) is 41.5 Å². The molecule has 0 bridgehead atoms. The van der Waals surface area contributed by atoms with Crippen molar-refractivity contribution in [2.45, 2.75) is 6.92 Å². The second kappa shape index (κ2) is 6.24. The summed E-state index contributed by atoms with van der Waals surface area (Å²) < 4.78 is 5.32. The lowest BCUT2D eigenvalue weighted by atomic mass is 10.2. The number of aryl methyl sites for hydroxylation is 1. The highest BCUT2D eigenvalue weighted by molar-refractivity contribution is 6.31. The monoisotopic (exact) mass is 305 g/mol. The first-order chi connectivity index (χ1) is 10.2. The summed E-state index contributed by atoms with van der Waals surface area (Å²) in [6.07, 6.45) is 1.59. The minimum atomic E-state index is 0.613. The van der Waals surface area contributed by atoms with Gasteiger partial charge in [-0.25, -0.2) is 0 Å². The Kier molecular flexibility index (Phi) is 4.17. The fraction of sp³-hybridized carbons (Fsp3) is 0.357. The summed E-state index contributed by atoms with van der Waals surface area (Å²) in [5.74, 6) is 1.26. The average Bonchev–Trinajstić information content (AvgIpc) is 2.52. The summed E-state index contributed by atoms with van der Waals surface area (Å²) in [5, 5.41) is 12.0. The van der Waals surface area contributed by atoms with Crippen molar-refractivity contribution >= 4 is 29.1 Å². The molecule has 1 saturated heterocycles. The molecule has 1 aromatic carbocycles. The Bertz CT molecular complexity index is 631. The van der Waals surface area contributed by atoms with E-state index in [-0.39, 0.29) is 0 Å². The van der Waals surface area contributed by atoms with E-state index in [4.69, 9.17) is 16.3 Å². The van der Waals surface area contributed by atoms with Crippen LogP contribution in [0.5, 0.6) is 0 Å². The maximum absolute atomic E-state index is 6.12. The van der Waals surface area contributed by atoms with Gasteiger partial charge in [0, 0.05) is 23.8 Å². The van der Waals surface area contributed by atoms with Crippen LogP contribution in [0.1, 0.15) is 5.56 Å². The zero-order chi connectivity index (χ0) is 14.7. The Morgan fingerprint density at radius 3 is 2.86 bits per heavy atom. The molecule has 0 aliphatic carbocycles. The van der Waals surface area contributed by atoms with Gasteiger partial charge in [-0.3, -0.25) is 0 Å². The highest BCUT2D eigenvalue weighted by Gasteiger charge is 2.14. The molecule has 3 rings (SSSR count). The lowest BCUT2D eigenvalue weighted by molar-refractivity contribution is 0.122. The van der Waals surface area contributed by atoms with Crippen molar-refractivity contribution in [3.05, 3.63) is 35.0 Å². The predicted molar refractivity (Wildman–Crippen MR) is 82.3 cm³/mol. The molecule has 0 radical (unpaired) electrons. The first-order valence-corrected chi connectivity index (χ1v) is 7.16. The molecule has 1 aliphatic rings. The predicted octanol–water partition coefficient (Wildman–Crippen LogP) is 2.41. The van der Waals surface area contributed by atoms with Gasteiger partial charge >= 0.3 is 0 Å². The van der Waals surface area contributed by atoms with Gasteiger partial charge in [-0.15, -0.1) is 5.10 Å². The third-order valence-electron chi connectivity index (χ3n) is 3.29. The van der Waals surface area contributed by atoms with Crippen molar-refractivity contribution < 1.29 is 4.74 Å². The lowest BCUT2D eigenvalue weighted by Gasteiger charge is -2.26. The molecule has 0 atom stereocenters. The van der Waals surface area contributed by atoms with Gasteiger partial charge in [0.25, 0.3) is 0 Å². The quantitative estimate of drug-likeness (QED) is 0.939. The van der Waals surface area contributed by atoms with Gasteiger partial charge in [-0.2, -0.15) is 10.1 Å². The van der Waals surface area contributed by atoms with E-state index in [9.17, 15) is 0 Å². The lowest BCUT2D eigenvalue weighted by Crippen LogP contribution is -2.37. The van der Waals surface area contributed by atoms with Gasteiger partial charge in [0.2, 0.25) is 5.95 Å². The summed E-state index contributed by atoms with van der Waals surface area (Å²) in [4.78, 5) is 6.55. The van der Waals surface area contributed by atoms with Crippen molar-refractivity contribution in [1.82, 2.24) is 15.2 Å². The number of ether oxygens (including phenoxy) is 1. The van der Waals surface area contributed by atoms with Crippen LogP contribution in [0.3, 0.4) is 0 Å². The van der Waals surface area contributed by atoms with Crippen molar-refractivity contribution in [3.8, 4) is 0 Å². The van der Waals surface area contributed by atoms with Crippen LogP contribution in [0.15, 0.2) is 24.4 Å². The van der Waals surface area contributed by atoms with Gasteiger partial charge in [0.1, 0.15) is 0 Å². The van der Waals surface area contributed by atoms with Crippen LogP contribution in [0.4, 0.5) is 17.5 Å². The first kappa shape index (κ1) is 14.0. The number of nitrogens with zero attached hydrogens (tertiary/aromatic N) is 4. The minimum Gasteiger partial charge on any atom is -0.378 e. The molecule has 0 saturated carbocycles. The van der Waals surface area contributed by atoms with Gasteiger partial charge in [-0.1, -0.05) is 17.7 Å². The van der Waals surface area contributed by atoms with E-state index in [0.717, 1.165) is 29.4 Å². The topological polar surface area (TPSA) is 63.2 Å². The standard InChI is InChI=1S/C14H16ClN5O/c1-10-2-3-11(8-12(10)15)17-13-9-16-19-14(18-13)20-4-6-21-7-5-20/h2-3,8-9H,4-7H2,1H3,(H,17,18,19). The number of benzene rings is 1. The van der Waals surface area contributed by atoms with Crippen LogP contribution < -0.4 is 10.2 Å². The molecule has 7 heteroatoms. The Labute approximate surface area is 128 Å². The van der Waals surface area contributed by atoms with Crippen LogP contribution in [-0.2, 0) is 4.74 Å². The molecular weight excluding hydrogens is 290 g/mol. The van der Waals surface area contributed by atoms with Crippen LogP contribution in [0.2, 0.25) is 5.02 Å². The highest BCUT2D eigenvalue weighted by atomic mass is 35.5. The summed E-state index contributed by atoms with van der Waals surface area (Å²) in [6.45, 7) is 4.90. The molecule has 1 aromatic heterocycles. The number of halogens is 1. The molecule has 2 heterocycles. The number of morpholine rings is 1. The largest absolute Gasteiger partial charge is 0.378 e. The second-order valence-electron chi connectivity index (χ2n) is 4.83. The summed E-state index contributed by atoms with van der Waals surface area (Å²) in [5.41, 5.74) is 1.91. The number of hydrogen-bond acceptors (Lipinski definition) is 6. The fourth-order valence-electron chi connectivity index (χ4n) is 2.07. The smallest absolute Gasteiger partial charge is 0.247 e. The summed E-state index contributed by atoms with van der Waals surface area (Å²) in [6, 6.07) is 5.79. The van der Waals surface area contributed by atoms with E-state index >= 15 is 0 Å². The Morgan fingerprint density at radius 2 is 2.10 bits per heavy atom. The van der Waals surface area contributed by atoms with Crippen LogP contribution in [0.25, 0.3) is 0 Å². The minimum absolute atomic E-state index is 0.613. The van der Waals surface area contributed by atoms with E-state index in [1.807, 2.05) is 25.1 Å². The summed E-state index contributed by atoms with van der Waals surface area (Å²) >= 11 is 6.12. The van der Waals surface area contributed by atoms with Crippen molar-refractivity contribution in [2.24, 2.45) is 0 Å². The molecular formula is C14H16ClN5O. The molecule has 2 aromatic rings. The molecule has 0 amide bonds. The normalized spacial score (nSPS) is 15.0. The number of hydrogen-bond donors (Lipinski definition) is 1. The number of rotatable bonds is 3. The molecule has 110 valence electrons. The molecule has 0 spiro atoms. The third-order valence-corrected chi connectivity index (χ3v) is 3.69. The van der Waals surface area contributed by atoms with Gasteiger partial charge in [0.05, 0.1) is 19.4 Å². The third kappa shape index (κ3) is 3.40. The molecule has 1 N–H and O–H groups in total. The number of aromatic nitrogens is 3. The van der Waals surface area contributed by atoms with E-state index in [1.165, 1.54) is 0 Å². The maximum atomic E-state index is 6.12. The molecule has 1 fully saturated rings.